The minimum atomic E-state index is -4.43. The fourth-order valence-corrected chi connectivity index (χ4v) is 2.45. The van der Waals surface area contributed by atoms with Crippen molar-refractivity contribution in [3.05, 3.63) is 29.3 Å². The van der Waals surface area contributed by atoms with Crippen molar-refractivity contribution >= 4 is 17.7 Å². The lowest BCUT2D eigenvalue weighted by molar-refractivity contribution is -0.136. The van der Waals surface area contributed by atoms with E-state index in [1.54, 1.807) is 5.32 Å². The molecule has 0 fully saturated rings. The summed E-state index contributed by atoms with van der Waals surface area (Å²) in [5, 5.41) is 9.56. The number of thioether (sulfide) groups is 1. The lowest BCUT2D eigenvalue weighted by atomic mass is 10.1. The fraction of sp³-hybridized carbons (Fsp3) is 0.357. The molecule has 124 valence electrons. The van der Waals surface area contributed by atoms with E-state index < -0.39 is 18.6 Å². The normalized spacial score (nSPS) is 11.5. The van der Waals surface area contributed by atoms with Crippen LogP contribution in [-0.4, -0.2) is 34.6 Å². The first kappa shape index (κ1) is 17.3. The van der Waals surface area contributed by atoms with E-state index in [0.29, 0.717) is 5.89 Å². The minimum Gasteiger partial charge on any atom is -0.411 e. The van der Waals surface area contributed by atoms with Crippen LogP contribution >= 0.6 is 11.8 Å². The second-order valence-corrected chi connectivity index (χ2v) is 5.86. The maximum Gasteiger partial charge on any atom is 0.405 e. The van der Waals surface area contributed by atoms with E-state index in [4.69, 9.17) is 4.42 Å². The molecule has 1 aromatic heterocycles. The number of nitrogens with zero attached hydrogens (tertiary/aromatic N) is 2. The summed E-state index contributed by atoms with van der Waals surface area (Å²) >= 11 is 0.883. The van der Waals surface area contributed by atoms with Crippen molar-refractivity contribution in [2.45, 2.75) is 25.2 Å². The third-order valence-corrected chi connectivity index (χ3v) is 3.51. The van der Waals surface area contributed by atoms with Crippen molar-refractivity contribution in [3.8, 4) is 11.5 Å². The largest absolute Gasteiger partial charge is 0.411 e. The molecule has 9 heteroatoms. The summed E-state index contributed by atoms with van der Waals surface area (Å²) in [6.45, 7) is 2.52. The number of aryl methyl sites for hydroxylation is 2. The van der Waals surface area contributed by atoms with Crippen LogP contribution in [0.5, 0.6) is 0 Å². The summed E-state index contributed by atoms with van der Waals surface area (Å²) in [7, 11) is 0. The van der Waals surface area contributed by atoms with Crippen molar-refractivity contribution in [2.24, 2.45) is 0 Å². The topological polar surface area (TPSA) is 68.0 Å². The molecule has 5 nitrogen and oxygen atoms in total. The predicted molar refractivity (Wildman–Crippen MR) is 79.0 cm³/mol. The number of carbonyl (C=O) groups is 1. The van der Waals surface area contributed by atoms with Crippen molar-refractivity contribution < 1.29 is 22.4 Å². The van der Waals surface area contributed by atoms with Gasteiger partial charge in [0.15, 0.2) is 0 Å². The van der Waals surface area contributed by atoms with Crippen LogP contribution in [0.2, 0.25) is 0 Å². The molecule has 0 bridgehead atoms. The molecule has 0 aliphatic carbocycles. The van der Waals surface area contributed by atoms with E-state index >= 15 is 0 Å². The average molecular weight is 345 g/mol. The predicted octanol–water partition coefficient (Wildman–Crippen LogP) is 3.12. The van der Waals surface area contributed by atoms with E-state index in [9.17, 15) is 18.0 Å². The van der Waals surface area contributed by atoms with Gasteiger partial charge in [-0.15, -0.1) is 10.2 Å². The number of halogens is 3. The summed E-state index contributed by atoms with van der Waals surface area (Å²) in [5.41, 5.74) is 2.83. The van der Waals surface area contributed by atoms with Crippen LogP contribution < -0.4 is 5.32 Å². The van der Waals surface area contributed by atoms with Gasteiger partial charge in [-0.25, -0.2) is 0 Å². The molecule has 0 saturated heterocycles. The van der Waals surface area contributed by atoms with Gasteiger partial charge in [-0.1, -0.05) is 29.0 Å². The molecule has 0 radical (unpaired) electrons. The van der Waals surface area contributed by atoms with Crippen molar-refractivity contribution in [3.63, 3.8) is 0 Å². The smallest absolute Gasteiger partial charge is 0.405 e. The molecule has 0 aliphatic heterocycles. The maximum absolute atomic E-state index is 12.0. The van der Waals surface area contributed by atoms with Crippen LogP contribution in [0.3, 0.4) is 0 Å². The molecule has 0 saturated carbocycles. The van der Waals surface area contributed by atoms with E-state index in [2.05, 4.69) is 10.2 Å². The first-order chi connectivity index (χ1) is 10.7. The summed E-state index contributed by atoms with van der Waals surface area (Å²) in [4.78, 5) is 11.3. The third kappa shape index (κ3) is 5.59. The second kappa shape index (κ2) is 7.03. The highest BCUT2D eigenvalue weighted by Crippen LogP contribution is 2.24. The summed E-state index contributed by atoms with van der Waals surface area (Å²) in [5.74, 6) is -0.682. The molecule has 2 rings (SSSR count). The van der Waals surface area contributed by atoms with Crippen molar-refractivity contribution in [1.29, 1.82) is 0 Å². The van der Waals surface area contributed by atoms with Gasteiger partial charge in [0.2, 0.25) is 11.8 Å². The molecule has 1 aromatic carbocycles. The van der Waals surface area contributed by atoms with Crippen LogP contribution in [0.4, 0.5) is 13.2 Å². The van der Waals surface area contributed by atoms with Gasteiger partial charge in [0, 0.05) is 5.56 Å². The van der Waals surface area contributed by atoms with Gasteiger partial charge in [0.1, 0.15) is 6.54 Å². The zero-order valence-electron chi connectivity index (χ0n) is 12.4. The number of amides is 1. The molecule has 2 aromatic rings. The number of nitrogens with one attached hydrogen (secondary N) is 1. The van der Waals surface area contributed by atoms with Crippen molar-refractivity contribution in [2.75, 3.05) is 12.3 Å². The molecule has 0 atom stereocenters. The van der Waals surface area contributed by atoms with E-state index in [0.717, 1.165) is 28.5 Å². The highest BCUT2D eigenvalue weighted by atomic mass is 32.2. The van der Waals surface area contributed by atoms with Crippen LogP contribution in [0, 0.1) is 13.8 Å². The van der Waals surface area contributed by atoms with Gasteiger partial charge in [-0.05, 0) is 26.0 Å². The number of hydrogen-bond acceptors (Lipinski definition) is 5. The fourth-order valence-electron chi connectivity index (χ4n) is 1.86. The summed E-state index contributed by atoms with van der Waals surface area (Å²) in [6.07, 6.45) is -4.43. The third-order valence-electron chi connectivity index (χ3n) is 2.69. The van der Waals surface area contributed by atoms with Crippen molar-refractivity contribution in [1.82, 2.24) is 15.5 Å². The van der Waals surface area contributed by atoms with Gasteiger partial charge in [0.25, 0.3) is 5.22 Å². The molecular formula is C14H14F3N3O2S. The Morgan fingerprint density at radius 3 is 2.48 bits per heavy atom. The van der Waals surface area contributed by atoms with Crippen LogP contribution in [-0.2, 0) is 4.79 Å². The Morgan fingerprint density at radius 1 is 1.22 bits per heavy atom. The number of aromatic nitrogens is 2. The standard InChI is InChI=1S/C14H14F3N3O2S/c1-8-3-9(2)5-10(4-8)12-19-20-13(22-12)23-6-11(21)18-7-14(15,16)17/h3-5H,6-7H2,1-2H3,(H,18,21). The highest BCUT2D eigenvalue weighted by molar-refractivity contribution is 7.99. The van der Waals surface area contributed by atoms with Gasteiger partial charge in [-0.2, -0.15) is 13.2 Å². The van der Waals surface area contributed by atoms with Gasteiger partial charge in [0.05, 0.1) is 5.75 Å². The molecule has 0 unspecified atom stereocenters. The number of rotatable bonds is 5. The molecule has 0 aliphatic rings. The van der Waals surface area contributed by atoms with E-state index in [1.165, 1.54) is 0 Å². The highest BCUT2D eigenvalue weighted by Gasteiger charge is 2.27. The monoisotopic (exact) mass is 345 g/mol. The van der Waals surface area contributed by atoms with Crippen LogP contribution in [0.1, 0.15) is 11.1 Å². The Morgan fingerprint density at radius 2 is 1.87 bits per heavy atom. The molecule has 23 heavy (non-hydrogen) atoms. The molecule has 1 heterocycles. The maximum atomic E-state index is 12.0. The summed E-state index contributed by atoms with van der Waals surface area (Å²) in [6, 6.07) is 5.76. The van der Waals surface area contributed by atoms with Gasteiger partial charge in [-0.3, -0.25) is 4.79 Å². The number of hydrogen-bond donors (Lipinski definition) is 1. The van der Waals surface area contributed by atoms with E-state index in [-0.39, 0.29) is 11.0 Å². The molecule has 1 N–H and O–H groups in total. The quantitative estimate of drug-likeness (QED) is 0.844. The zero-order valence-corrected chi connectivity index (χ0v) is 13.2. The van der Waals surface area contributed by atoms with E-state index in [1.807, 2.05) is 32.0 Å². The average Bonchev–Trinajstić information content (AvgIpc) is 2.90. The number of carbonyl (C=O) groups excluding carboxylic acids is 1. The van der Waals surface area contributed by atoms with Gasteiger partial charge >= 0.3 is 6.18 Å². The first-order valence-corrected chi connectivity index (χ1v) is 7.60. The Bertz CT molecular complexity index is 681. The number of alkyl halides is 3. The van der Waals surface area contributed by atoms with Crippen LogP contribution in [0.15, 0.2) is 27.8 Å². The minimum absolute atomic E-state index is 0.126. The summed E-state index contributed by atoms with van der Waals surface area (Å²) < 4.78 is 41.3. The molecule has 1 amide bonds. The molecule has 0 spiro atoms. The Hall–Kier alpha value is -2.03. The SMILES string of the molecule is Cc1cc(C)cc(-c2nnc(SCC(=O)NCC(F)(F)F)o2)c1. The first-order valence-electron chi connectivity index (χ1n) is 6.61. The lowest BCUT2D eigenvalue weighted by Crippen LogP contribution is -2.34. The lowest BCUT2D eigenvalue weighted by Gasteiger charge is -2.06. The Balaban J connectivity index is 1.93. The zero-order chi connectivity index (χ0) is 17.0. The van der Waals surface area contributed by atoms with Gasteiger partial charge < -0.3 is 9.73 Å². The number of benzene rings is 1. The van der Waals surface area contributed by atoms with Crippen LogP contribution in [0.25, 0.3) is 11.5 Å². The molecular weight excluding hydrogens is 331 g/mol. The second-order valence-electron chi connectivity index (χ2n) is 4.93. The Kier molecular flexibility index (Phi) is 5.30. The Labute approximate surface area is 134 Å².